The van der Waals surface area contributed by atoms with Crippen LogP contribution in [0.5, 0.6) is 5.75 Å². The van der Waals surface area contributed by atoms with E-state index in [0.29, 0.717) is 11.6 Å². The fourth-order valence-corrected chi connectivity index (χ4v) is 9.62. The summed E-state index contributed by atoms with van der Waals surface area (Å²) in [5.41, 5.74) is 19.5. The van der Waals surface area contributed by atoms with Crippen molar-refractivity contribution >= 4 is 16.9 Å². The zero-order chi connectivity index (χ0) is 50.6. The first-order valence-electron chi connectivity index (χ1n) is 24.9. The van der Waals surface area contributed by atoms with Gasteiger partial charge in [0.05, 0.1) is 17.1 Å². The topological polar surface area (TPSA) is 61.0 Å². The second-order valence-corrected chi connectivity index (χ2v) is 23.1. The van der Waals surface area contributed by atoms with Gasteiger partial charge in [-0.1, -0.05) is 205 Å². The largest absolute Gasteiger partial charge is 0.457 e. The van der Waals surface area contributed by atoms with Crippen molar-refractivity contribution in [2.45, 2.75) is 112 Å². The zero-order valence-electron chi connectivity index (χ0n) is 43.9. The van der Waals surface area contributed by atoms with Crippen LogP contribution in [-0.2, 0) is 21.7 Å². The van der Waals surface area contributed by atoms with E-state index in [1.54, 1.807) is 0 Å². The predicted molar refractivity (Wildman–Crippen MR) is 298 cm³/mol. The van der Waals surface area contributed by atoms with Gasteiger partial charge in [-0.2, -0.15) is 0 Å². The molecule has 9 aromatic rings. The van der Waals surface area contributed by atoms with E-state index in [4.69, 9.17) is 19.1 Å². The lowest BCUT2D eigenvalue weighted by Gasteiger charge is -2.29. The Morgan fingerprint density at radius 2 is 0.930 bits per heavy atom. The first-order chi connectivity index (χ1) is 33.5. The molecule has 0 unspecified atom stereocenters. The van der Waals surface area contributed by atoms with Gasteiger partial charge in [0.25, 0.3) is 0 Å². The van der Waals surface area contributed by atoms with Crippen LogP contribution in [0.2, 0.25) is 0 Å². The van der Waals surface area contributed by atoms with Gasteiger partial charge in [-0.05, 0) is 109 Å². The lowest BCUT2D eigenvalue weighted by Crippen LogP contribution is -2.18. The zero-order valence-corrected chi connectivity index (χ0v) is 43.9. The SMILES string of the molecule is C=C(Oc1c(C(C)(C)C)ccc(C(C)(C)C)c1C)c1ccc(-c2ccc(-c3nc(-c4ccccn4)ccc3-c3ccc(-c4ccc(-c5nc6c(C(C)(C)C)ccc(C(C)(C)C)c6o5)cc4)cc3)cc2)cc1. The molecule has 0 radical (unpaired) electrons. The molecule has 0 aliphatic rings. The van der Waals surface area contributed by atoms with E-state index < -0.39 is 0 Å². The van der Waals surface area contributed by atoms with Crippen LogP contribution in [0.4, 0.5) is 0 Å². The normalized spacial score (nSPS) is 12.4. The van der Waals surface area contributed by atoms with E-state index in [0.717, 1.165) is 95.1 Å². The summed E-state index contributed by atoms with van der Waals surface area (Å²) < 4.78 is 13.3. The molecule has 71 heavy (non-hydrogen) atoms. The summed E-state index contributed by atoms with van der Waals surface area (Å²) in [5.74, 6) is 2.17. The molecule has 3 aromatic heterocycles. The highest BCUT2D eigenvalue weighted by atomic mass is 16.5. The average Bonchev–Trinajstić information content (AvgIpc) is 3.79. The molecule has 3 heterocycles. The summed E-state index contributed by atoms with van der Waals surface area (Å²) in [6.07, 6.45) is 1.81. The number of pyridine rings is 2. The molecule has 9 rings (SSSR count). The summed E-state index contributed by atoms with van der Waals surface area (Å²) in [7, 11) is 0. The van der Waals surface area contributed by atoms with Gasteiger partial charge in [0, 0.05) is 39.6 Å². The first kappa shape index (κ1) is 48.6. The minimum Gasteiger partial charge on any atom is -0.457 e. The van der Waals surface area contributed by atoms with Crippen LogP contribution in [0.15, 0.2) is 169 Å². The fourth-order valence-electron chi connectivity index (χ4n) is 9.62. The first-order valence-corrected chi connectivity index (χ1v) is 24.9. The Balaban J connectivity index is 0.976. The minimum atomic E-state index is -0.0897. The monoisotopic (exact) mass is 934 g/mol. The molecule has 0 bridgehead atoms. The third-order valence-electron chi connectivity index (χ3n) is 13.6. The quantitative estimate of drug-likeness (QED) is 0.135. The Labute approximate surface area is 421 Å². The van der Waals surface area contributed by atoms with Crippen LogP contribution in [0.3, 0.4) is 0 Å². The standard InChI is InChI=1S/C66H67N3O2/c1-41-52(63(3,4)5)35-37-54(65(9,10)11)60(41)70-42(2)43-18-20-44(21-19-43)46-24-30-49(31-25-46)58-51(34-39-57(68-58)56-17-15-16-40-67-56)48-28-22-45(23-29-48)47-26-32-50(33-27-47)62-69-59-53(64(6,7)8)36-38-55(61(59)71-62)66(12,13)14/h15-40H,2H2,1,3-14H3. The lowest BCUT2D eigenvalue weighted by molar-refractivity contribution is 0.471. The molecule has 0 aliphatic carbocycles. The highest BCUT2D eigenvalue weighted by Gasteiger charge is 2.29. The van der Waals surface area contributed by atoms with Crippen molar-refractivity contribution in [3.63, 3.8) is 0 Å². The van der Waals surface area contributed by atoms with Crippen molar-refractivity contribution in [3.05, 3.63) is 198 Å². The average molecular weight is 934 g/mol. The van der Waals surface area contributed by atoms with E-state index in [-0.39, 0.29) is 21.7 Å². The molecule has 0 saturated heterocycles. The molecular weight excluding hydrogens is 867 g/mol. The maximum absolute atomic E-state index is 6.69. The Kier molecular flexibility index (Phi) is 12.6. The molecule has 0 aliphatic heterocycles. The van der Waals surface area contributed by atoms with E-state index in [9.17, 15) is 0 Å². The molecule has 5 nitrogen and oxygen atoms in total. The van der Waals surface area contributed by atoms with Crippen LogP contribution < -0.4 is 4.74 Å². The smallest absolute Gasteiger partial charge is 0.227 e. The Morgan fingerprint density at radius 1 is 0.451 bits per heavy atom. The van der Waals surface area contributed by atoms with Crippen LogP contribution in [0.1, 0.15) is 116 Å². The van der Waals surface area contributed by atoms with Crippen molar-refractivity contribution in [1.29, 1.82) is 0 Å². The number of hydrogen-bond acceptors (Lipinski definition) is 5. The Morgan fingerprint density at radius 3 is 1.46 bits per heavy atom. The Hall–Kier alpha value is -7.37. The van der Waals surface area contributed by atoms with Crippen LogP contribution in [-0.4, -0.2) is 15.0 Å². The second-order valence-electron chi connectivity index (χ2n) is 23.1. The third-order valence-corrected chi connectivity index (χ3v) is 13.6. The summed E-state index contributed by atoms with van der Waals surface area (Å²) in [6, 6.07) is 53.5. The third kappa shape index (κ3) is 10.0. The number of hydrogen-bond donors (Lipinski definition) is 0. The molecule has 358 valence electrons. The van der Waals surface area contributed by atoms with Gasteiger partial charge in [-0.25, -0.2) is 9.97 Å². The minimum absolute atomic E-state index is 0.0102. The molecule has 0 atom stereocenters. The van der Waals surface area contributed by atoms with Crippen LogP contribution >= 0.6 is 0 Å². The van der Waals surface area contributed by atoms with Gasteiger partial charge >= 0.3 is 0 Å². The highest BCUT2D eigenvalue weighted by molar-refractivity contribution is 5.86. The molecule has 0 amide bonds. The van der Waals surface area contributed by atoms with Gasteiger partial charge in [0.15, 0.2) is 5.58 Å². The molecule has 0 fully saturated rings. The number of ether oxygens (including phenoxy) is 1. The molecule has 5 heteroatoms. The number of oxazole rings is 1. The number of nitrogens with zero attached hydrogens (tertiary/aromatic N) is 3. The number of aromatic nitrogens is 3. The van der Waals surface area contributed by atoms with E-state index in [2.05, 4.69) is 235 Å². The van der Waals surface area contributed by atoms with Gasteiger partial charge in [-0.15, -0.1) is 0 Å². The van der Waals surface area contributed by atoms with Gasteiger partial charge in [0.1, 0.15) is 17.0 Å². The lowest BCUT2D eigenvalue weighted by atomic mass is 9.79. The van der Waals surface area contributed by atoms with Gasteiger partial charge in [-0.3, -0.25) is 4.98 Å². The predicted octanol–water partition coefficient (Wildman–Crippen LogP) is 18.2. The summed E-state index contributed by atoms with van der Waals surface area (Å²) in [4.78, 5) is 15.0. The summed E-state index contributed by atoms with van der Waals surface area (Å²) >= 11 is 0. The number of rotatable bonds is 9. The van der Waals surface area contributed by atoms with Crippen molar-refractivity contribution < 1.29 is 9.15 Å². The summed E-state index contributed by atoms with van der Waals surface area (Å²) in [5, 5.41) is 0. The molecule has 0 N–H and O–H groups in total. The van der Waals surface area contributed by atoms with Gasteiger partial charge in [0.2, 0.25) is 5.89 Å². The van der Waals surface area contributed by atoms with Crippen molar-refractivity contribution in [2.24, 2.45) is 0 Å². The van der Waals surface area contributed by atoms with Crippen LogP contribution in [0.25, 0.3) is 84.3 Å². The molecule has 6 aromatic carbocycles. The van der Waals surface area contributed by atoms with Crippen molar-refractivity contribution in [2.75, 3.05) is 0 Å². The van der Waals surface area contributed by atoms with Crippen LogP contribution in [0, 0.1) is 6.92 Å². The molecule has 0 saturated carbocycles. The molecule has 0 spiro atoms. The molecular formula is C66H67N3O2. The number of fused-ring (bicyclic) bond motifs is 1. The van der Waals surface area contributed by atoms with Crippen molar-refractivity contribution in [1.82, 2.24) is 15.0 Å². The number of benzene rings is 6. The Bertz CT molecular complexity index is 3340. The fraction of sp³-hybridized carbons (Fsp3) is 0.258. The maximum Gasteiger partial charge on any atom is 0.227 e. The van der Waals surface area contributed by atoms with E-state index >= 15 is 0 Å². The van der Waals surface area contributed by atoms with E-state index in [1.165, 1.54) is 16.7 Å². The maximum atomic E-state index is 6.69. The second kappa shape index (κ2) is 18.4. The van der Waals surface area contributed by atoms with E-state index in [1.807, 2.05) is 24.4 Å². The van der Waals surface area contributed by atoms with Gasteiger partial charge < -0.3 is 9.15 Å². The van der Waals surface area contributed by atoms with Crippen molar-refractivity contribution in [3.8, 4) is 73.2 Å². The summed E-state index contributed by atoms with van der Waals surface area (Å²) in [6.45, 7) is 33.3. The highest BCUT2D eigenvalue weighted by Crippen LogP contribution is 2.43.